The standard InChI is InChI=1S/C12H25NO/c1-4-11-7-9(2)5-6-12(11)13-8-10(3)14/h9-14H,4-8H2,1-3H3/t9?,10-,11?,12?/m1/s1. The van der Waals surface area contributed by atoms with Crippen molar-refractivity contribution < 1.29 is 5.11 Å². The quantitative estimate of drug-likeness (QED) is 0.727. The Hall–Kier alpha value is -0.0800. The lowest BCUT2D eigenvalue weighted by Crippen LogP contribution is -2.42. The largest absolute Gasteiger partial charge is 0.392 e. The van der Waals surface area contributed by atoms with Crippen molar-refractivity contribution in [3.8, 4) is 0 Å². The van der Waals surface area contributed by atoms with Gasteiger partial charge in [0.25, 0.3) is 0 Å². The van der Waals surface area contributed by atoms with E-state index in [1.165, 1.54) is 25.7 Å². The van der Waals surface area contributed by atoms with Gasteiger partial charge < -0.3 is 10.4 Å². The monoisotopic (exact) mass is 199 g/mol. The van der Waals surface area contributed by atoms with Crippen molar-refractivity contribution in [2.75, 3.05) is 6.54 Å². The highest BCUT2D eigenvalue weighted by atomic mass is 16.3. The average Bonchev–Trinajstić information content (AvgIpc) is 2.15. The Labute approximate surface area is 88.1 Å². The lowest BCUT2D eigenvalue weighted by Gasteiger charge is -2.35. The zero-order valence-corrected chi connectivity index (χ0v) is 9.79. The first-order valence-corrected chi connectivity index (χ1v) is 6.05. The molecular formula is C12H25NO. The number of rotatable bonds is 4. The van der Waals surface area contributed by atoms with Crippen LogP contribution >= 0.6 is 0 Å². The van der Waals surface area contributed by atoms with Gasteiger partial charge in [0, 0.05) is 12.6 Å². The highest BCUT2D eigenvalue weighted by Gasteiger charge is 2.26. The number of nitrogens with one attached hydrogen (secondary N) is 1. The lowest BCUT2D eigenvalue weighted by molar-refractivity contribution is 0.156. The van der Waals surface area contributed by atoms with Crippen molar-refractivity contribution in [3.63, 3.8) is 0 Å². The van der Waals surface area contributed by atoms with Gasteiger partial charge >= 0.3 is 0 Å². The van der Waals surface area contributed by atoms with Crippen LogP contribution < -0.4 is 5.32 Å². The molecule has 0 bridgehead atoms. The first-order valence-electron chi connectivity index (χ1n) is 6.05. The summed E-state index contributed by atoms with van der Waals surface area (Å²) in [6.07, 6.45) is 5.03. The van der Waals surface area contributed by atoms with Crippen LogP contribution in [0.2, 0.25) is 0 Å². The van der Waals surface area contributed by atoms with E-state index in [1.54, 1.807) is 0 Å². The zero-order valence-electron chi connectivity index (χ0n) is 9.79. The molecule has 0 spiro atoms. The van der Waals surface area contributed by atoms with E-state index < -0.39 is 0 Å². The molecule has 0 aromatic carbocycles. The molecule has 0 radical (unpaired) electrons. The average molecular weight is 199 g/mol. The Morgan fingerprint density at radius 2 is 2.14 bits per heavy atom. The summed E-state index contributed by atoms with van der Waals surface area (Å²) in [5.74, 6) is 1.71. The molecule has 1 saturated carbocycles. The number of aliphatic hydroxyl groups is 1. The van der Waals surface area contributed by atoms with Crippen LogP contribution in [0.3, 0.4) is 0 Å². The maximum Gasteiger partial charge on any atom is 0.0636 e. The third-order valence-corrected chi connectivity index (χ3v) is 3.44. The molecule has 0 heterocycles. The first kappa shape index (κ1) is 12.0. The van der Waals surface area contributed by atoms with Gasteiger partial charge in [0.1, 0.15) is 0 Å². The molecule has 1 fully saturated rings. The number of hydrogen-bond donors (Lipinski definition) is 2. The fourth-order valence-corrected chi connectivity index (χ4v) is 2.54. The summed E-state index contributed by atoms with van der Waals surface area (Å²) in [6.45, 7) is 7.22. The van der Waals surface area contributed by atoms with Crippen molar-refractivity contribution in [2.24, 2.45) is 11.8 Å². The van der Waals surface area contributed by atoms with Crippen LogP contribution in [0.15, 0.2) is 0 Å². The van der Waals surface area contributed by atoms with Crippen LogP contribution in [0.5, 0.6) is 0 Å². The molecule has 84 valence electrons. The highest BCUT2D eigenvalue weighted by Crippen LogP contribution is 2.30. The van der Waals surface area contributed by atoms with E-state index >= 15 is 0 Å². The second-order valence-electron chi connectivity index (χ2n) is 4.95. The predicted molar refractivity (Wildman–Crippen MR) is 60.3 cm³/mol. The van der Waals surface area contributed by atoms with Crippen LogP contribution in [-0.2, 0) is 0 Å². The SMILES string of the molecule is CCC1CC(C)CCC1NC[C@@H](C)O. The zero-order chi connectivity index (χ0) is 10.6. The molecular weight excluding hydrogens is 174 g/mol. The van der Waals surface area contributed by atoms with Crippen LogP contribution in [0.1, 0.15) is 46.5 Å². The molecule has 3 unspecified atom stereocenters. The summed E-state index contributed by atoms with van der Waals surface area (Å²) in [5, 5.41) is 12.7. The van der Waals surface area contributed by atoms with Gasteiger partial charge in [-0.1, -0.05) is 20.3 Å². The Balaban J connectivity index is 2.34. The molecule has 1 aliphatic carbocycles. The van der Waals surface area contributed by atoms with E-state index in [9.17, 15) is 5.11 Å². The fraction of sp³-hybridized carbons (Fsp3) is 1.00. The van der Waals surface area contributed by atoms with Gasteiger partial charge in [-0.15, -0.1) is 0 Å². The summed E-state index contributed by atoms with van der Waals surface area (Å²) in [7, 11) is 0. The molecule has 4 atom stereocenters. The molecule has 2 N–H and O–H groups in total. The summed E-state index contributed by atoms with van der Waals surface area (Å²) in [6, 6.07) is 0.644. The van der Waals surface area contributed by atoms with Gasteiger partial charge in [0.05, 0.1) is 6.10 Å². The Kier molecular flexibility index (Phi) is 4.90. The van der Waals surface area contributed by atoms with Crippen LogP contribution in [0, 0.1) is 11.8 Å². The maximum atomic E-state index is 9.23. The predicted octanol–water partition coefficient (Wildman–Crippen LogP) is 2.17. The minimum atomic E-state index is -0.216. The van der Waals surface area contributed by atoms with E-state index in [0.717, 1.165) is 18.4 Å². The third kappa shape index (κ3) is 3.58. The Morgan fingerprint density at radius 1 is 1.43 bits per heavy atom. The van der Waals surface area contributed by atoms with Crippen molar-refractivity contribution >= 4 is 0 Å². The van der Waals surface area contributed by atoms with Crippen molar-refractivity contribution in [3.05, 3.63) is 0 Å². The lowest BCUT2D eigenvalue weighted by atomic mass is 9.77. The van der Waals surface area contributed by atoms with E-state index in [2.05, 4.69) is 19.2 Å². The third-order valence-electron chi connectivity index (χ3n) is 3.44. The molecule has 2 nitrogen and oxygen atoms in total. The van der Waals surface area contributed by atoms with Crippen molar-refractivity contribution in [1.82, 2.24) is 5.32 Å². The Bertz CT molecular complexity index is 158. The van der Waals surface area contributed by atoms with Crippen LogP contribution in [0.4, 0.5) is 0 Å². The normalized spacial score (nSPS) is 35.6. The minimum Gasteiger partial charge on any atom is -0.392 e. The van der Waals surface area contributed by atoms with E-state index in [4.69, 9.17) is 0 Å². The Morgan fingerprint density at radius 3 is 2.71 bits per heavy atom. The summed E-state index contributed by atoms with van der Waals surface area (Å²) >= 11 is 0. The van der Waals surface area contributed by atoms with Crippen LogP contribution in [-0.4, -0.2) is 23.8 Å². The maximum absolute atomic E-state index is 9.23. The van der Waals surface area contributed by atoms with Gasteiger partial charge in [-0.2, -0.15) is 0 Å². The molecule has 14 heavy (non-hydrogen) atoms. The second-order valence-corrected chi connectivity index (χ2v) is 4.95. The molecule has 2 heteroatoms. The molecule has 0 aromatic heterocycles. The second kappa shape index (κ2) is 5.72. The van der Waals surface area contributed by atoms with Gasteiger partial charge in [0.15, 0.2) is 0 Å². The smallest absolute Gasteiger partial charge is 0.0636 e. The summed E-state index contributed by atoms with van der Waals surface area (Å²) in [5.41, 5.74) is 0. The van der Waals surface area contributed by atoms with Gasteiger partial charge in [0.2, 0.25) is 0 Å². The first-order chi connectivity index (χ1) is 6.63. The summed E-state index contributed by atoms with van der Waals surface area (Å²) in [4.78, 5) is 0. The number of hydrogen-bond acceptors (Lipinski definition) is 2. The molecule has 1 aliphatic rings. The van der Waals surface area contributed by atoms with Crippen LogP contribution in [0.25, 0.3) is 0 Å². The number of aliphatic hydroxyl groups excluding tert-OH is 1. The van der Waals surface area contributed by atoms with E-state index in [1.807, 2.05) is 6.92 Å². The molecule has 1 rings (SSSR count). The van der Waals surface area contributed by atoms with Crippen molar-refractivity contribution in [2.45, 2.75) is 58.6 Å². The highest BCUT2D eigenvalue weighted by molar-refractivity contribution is 4.83. The molecule has 0 aliphatic heterocycles. The van der Waals surface area contributed by atoms with E-state index in [-0.39, 0.29) is 6.10 Å². The molecule has 0 amide bonds. The van der Waals surface area contributed by atoms with Gasteiger partial charge in [-0.25, -0.2) is 0 Å². The molecule has 0 aromatic rings. The summed E-state index contributed by atoms with van der Waals surface area (Å²) < 4.78 is 0. The van der Waals surface area contributed by atoms with Gasteiger partial charge in [-0.3, -0.25) is 0 Å². The van der Waals surface area contributed by atoms with Crippen molar-refractivity contribution in [1.29, 1.82) is 0 Å². The minimum absolute atomic E-state index is 0.216. The van der Waals surface area contributed by atoms with Gasteiger partial charge in [-0.05, 0) is 38.0 Å². The van der Waals surface area contributed by atoms with E-state index in [0.29, 0.717) is 6.04 Å². The molecule has 0 saturated heterocycles. The topological polar surface area (TPSA) is 32.3 Å². The fourth-order valence-electron chi connectivity index (χ4n) is 2.54.